The van der Waals surface area contributed by atoms with Gasteiger partial charge in [0.2, 0.25) is 0 Å². The average molecular weight is 603 g/mol. The molecule has 8 atom stereocenters. The summed E-state index contributed by atoms with van der Waals surface area (Å²) < 4.78 is 11.5. The Morgan fingerprint density at radius 3 is 2.25 bits per heavy atom. The Balaban J connectivity index is 1.21. The number of allylic oxidation sites excluding steroid dienone is 2. The van der Waals surface area contributed by atoms with Crippen molar-refractivity contribution in [3.05, 3.63) is 41.5 Å². The number of phenols is 1. The average Bonchev–Trinajstić information content (AvgIpc) is 2.94. The number of rotatable bonds is 4. The molecule has 0 aromatic heterocycles. The zero-order valence-corrected chi connectivity index (χ0v) is 29.0. The lowest BCUT2D eigenvalue weighted by Gasteiger charge is -2.70. The number of hydrogen-bond acceptors (Lipinski definition) is 4. The molecule has 0 amide bonds. The fourth-order valence-electron chi connectivity index (χ4n) is 12.2. The van der Waals surface area contributed by atoms with Gasteiger partial charge >= 0.3 is 5.97 Å². The monoisotopic (exact) mass is 602 g/mol. The van der Waals surface area contributed by atoms with E-state index < -0.39 is 0 Å². The van der Waals surface area contributed by atoms with Gasteiger partial charge < -0.3 is 14.6 Å². The Labute approximate surface area is 267 Å². The van der Waals surface area contributed by atoms with E-state index in [1.165, 1.54) is 64.6 Å². The van der Waals surface area contributed by atoms with E-state index in [9.17, 15) is 9.90 Å². The normalized spacial score (nSPS) is 42.2. The quantitative estimate of drug-likeness (QED) is 0.212. The van der Waals surface area contributed by atoms with E-state index in [1.54, 1.807) is 24.3 Å². The second-order valence-corrected chi connectivity index (χ2v) is 18.0. The minimum Gasteiger partial charge on any atom is -0.504 e. The molecule has 1 N–H and O–H groups in total. The van der Waals surface area contributed by atoms with Crippen molar-refractivity contribution < 1.29 is 19.4 Å². The van der Waals surface area contributed by atoms with Crippen LogP contribution in [0.25, 0.3) is 6.08 Å². The molecule has 0 bridgehead atoms. The molecule has 0 radical (unpaired) electrons. The third-order valence-corrected chi connectivity index (χ3v) is 14.6. The van der Waals surface area contributed by atoms with Crippen molar-refractivity contribution in [2.75, 3.05) is 7.11 Å². The summed E-state index contributed by atoms with van der Waals surface area (Å²) in [5, 5.41) is 9.89. The van der Waals surface area contributed by atoms with Crippen LogP contribution in [-0.4, -0.2) is 24.3 Å². The summed E-state index contributed by atoms with van der Waals surface area (Å²) in [6.07, 6.45) is 18.4. The van der Waals surface area contributed by atoms with Crippen molar-refractivity contribution in [3.8, 4) is 11.5 Å². The van der Waals surface area contributed by atoms with Gasteiger partial charge in [0.25, 0.3) is 0 Å². The van der Waals surface area contributed by atoms with Gasteiger partial charge in [0, 0.05) is 11.5 Å². The summed E-state index contributed by atoms with van der Waals surface area (Å²) in [5.74, 6) is 2.16. The molecule has 0 saturated heterocycles. The molecule has 4 heteroatoms. The first-order chi connectivity index (χ1) is 20.5. The van der Waals surface area contributed by atoms with E-state index in [0.717, 1.165) is 24.3 Å². The molecule has 4 nitrogen and oxygen atoms in total. The topological polar surface area (TPSA) is 55.8 Å². The largest absolute Gasteiger partial charge is 0.504 e. The van der Waals surface area contributed by atoms with Crippen LogP contribution in [-0.2, 0) is 9.53 Å². The SMILES string of the molecule is COc1cc(/C=C\C(=O)O[C@H]2CC[C@@]3(C)[C@H]4CC[C@]5(C)C(=CC[C@@]6(C)CCC(C)(C)C[C@H]65)[C@]4(C)CC[C@H]3C2(C)C)ccc1O. The zero-order valence-electron chi connectivity index (χ0n) is 29.0. The van der Waals surface area contributed by atoms with Crippen LogP contribution in [0.5, 0.6) is 11.5 Å². The lowest BCUT2D eigenvalue weighted by Crippen LogP contribution is -2.63. The number of fused-ring (bicyclic) bond motifs is 7. The number of benzene rings is 1. The summed E-state index contributed by atoms with van der Waals surface area (Å²) in [7, 11) is 1.52. The summed E-state index contributed by atoms with van der Waals surface area (Å²) in [6, 6.07) is 5.07. The molecule has 242 valence electrons. The lowest BCUT2D eigenvalue weighted by atomic mass is 9.34. The molecule has 0 heterocycles. The highest BCUT2D eigenvalue weighted by Crippen LogP contribution is 2.75. The molecule has 1 aromatic rings. The minimum absolute atomic E-state index is 0.0848. The second-order valence-electron chi connectivity index (χ2n) is 18.0. The highest BCUT2D eigenvalue weighted by atomic mass is 16.5. The number of ether oxygens (including phenoxy) is 2. The Hall–Kier alpha value is -2.23. The van der Waals surface area contributed by atoms with Crippen LogP contribution in [0.15, 0.2) is 35.9 Å². The fourth-order valence-corrected chi connectivity index (χ4v) is 12.2. The maximum absolute atomic E-state index is 13.1. The van der Waals surface area contributed by atoms with Gasteiger partial charge in [-0.05, 0) is 133 Å². The van der Waals surface area contributed by atoms with Crippen molar-refractivity contribution in [2.45, 2.75) is 126 Å². The predicted octanol–water partition coefficient (Wildman–Crippen LogP) is 10.1. The van der Waals surface area contributed by atoms with E-state index in [-0.39, 0.29) is 34.1 Å². The van der Waals surface area contributed by atoms with Gasteiger partial charge in [-0.15, -0.1) is 0 Å². The highest BCUT2D eigenvalue weighted by Gasteiger charge is 2.67. The van der Waals surface area contributed by atoms with Gasteiger partial charge in [0.15, 0.2) is 11.5 Å². The molecule has 0 unspecified atom stereocenters. The zero-order chi connectivity index (χ0) is 31.9. The lowest BCUT2D eigenvalue weighted by molar-refractivity contribution is -0.197. The number of aromatic hydroxyl groups is 1. The molecule has 4 saturated carbocycles. The third-order valence-electron chi connectivity index (χ3n) is 14.6. The number of phenolic OH excluding ortho intramolecular Hbond substituents is 1. The number of esters is 1. The summed E-state index contributed by atoms with van der Waals surface area (Å²) in [4.78, 5) is 13.1. The molecule has 6 rings (SSSR count). The molecule has 0 aliphatic heterocycles. The van der Waals surface area contributed by atoms with E-state index >= 15 is 0 Å². The maximum Gasteiger partial charge on any atom is 0.331 e. The number of hydrogen-bond donors (Lipinski definition) is 1. The van der Waals surface area contributed by atoms with Crippen molar-refractivity contribution in [2.24, 2.45) is 50.2 Å². The number of methoxy groups -OCH3 is 1. The Kier molecular flexibility index (Phi) is 7.50. The minimum atomic E-state index is -0.293. The second kappa shape index (κ2) is 10.4. The van der Waals surface area contributed by atoms with Crippen molar-refractivity contribution in [1.29, 1.82) is 0 Å². The molecule has 44 heavy (non-hydrogen) atoms. The number of carbonyl (C=O) groups excluding carboxylic acids is 1. The fraction of sp³-hybridized carbons (Fsp3) is 0.725. The first kappa shape index (κ1) is 31.7. The van der Waals surface area contributed by atoms with Crippen LogP contribution in [0, 0.1) is 50.2 Å². The first-order valence-corrected chi connectivity index (χ1v) is 17.5. The van der Waals surface area contributed by atoms with Gasteiger partial charge in [0.1, 0.15) is 6.10 Å². The number of carbonyl (C=O) groups is 1. The van der Waals surface area contributed by atoms with Gasteiger partial charge in [0.05, 0.1) is 7.11 Å². The van der Waals surface area contributed by atoms with Crippen molar-refractivity contribution in [3.63, 3.8) is 0 Å². The molecular formula is C40H58O4. The van der Waals surface area contributed by atoms with Gasteiger partial charge in [-0.1, -0.05) is 73.1 Å². The highest BCUT2D eigenvalue weighted by molar-refractivity contribution is 5.87. The summed E-state index contributed by atoms with van der Waals surface area (Å²) >= 11 is 0. The smallest absolute Gasteiger partial charge is 0.331 e. The van der Waals surface area contributed by atoms with Crippen LogP contribution in [0.1, 0.15) is 125 Å². The van der Waals surface area contributed by atoms with Gasteiger partial charge in [-0.2, -0.15) is 0 Å². The molecular weight excluding hydrogens is 544 g/mol. The van der Waals surface area contributed by atoms with Crippen LogP contribution in [0.2, 0.25) is 0 Å². The van der Waals surface area contributed by atoms with Crippen LogP contribution < -0.4 is 4.74 Å². The van der Waals surface area contributed by atoms with Gasteiger partial charge in [-0.3, -0.25) is 0 Å². The van der Waals surface area contributed by atoms with Crippen LogP contribution >= 0.6 is 0 Å². The standard InChI is InChI=1S/C40H58O4/c1-35(2)22-23-37(5)18-14-30-39(7)19-15-29-36(3,4)33(44-34(42)13-11-26-10-12-27(41)28(24-26)43-9)17-21-38(29,6)31(39)16-20-40(30,8)32(37)25-35/h10-14,24,29,31-33,41H,15-23,25H2,1-9H3/b13-11-/t29-,31+,32+,33-,37-,38+,39-,40+/m0/s1. The Bertz CT molecular complexity index is 1370. The van der Waals surface area contributed by atoms with E-state index in [2.05, 4.69) is 61.5 Å². The van der Waals surface area contributed by atoms with E-state index in [1.807, 2.05) is 5.57 Å². The first-order valence-electron chi connectivity index (χ1n) is 17.5. The molecule has 4 fully saturated rings. The molecule has 5 aliphatic rings. The van der Waals surface area contributed by atoms with Crippen molar-refractivity contribution >= 4 is 12.0 Å². The summed E-state index contributed by atoms with van der Waals surface area (Å²) in [5.41, 5.74) is 4.23. The van der Waals surface area contributed by atoms with Crippen molar-refractivity contribution in [1.82, 2.24) is 0 Å². The molecule has 0 spiro atoms. The van der Waals surface area contributed by atoms with Gasteiger partial charge in [-0.25, -0.2) is 4.79 Å². The third kappa shape index (κ3) is 4.79. The maximum atomic E-state index is 13.1. The Morgan fingerprint density at radius 1 is 0.864 bits per heavy atom. The summed E-state index contributed by atoms with van der Waals surface area (Å²) in [6.45, 7) is 20.3. The van der Waals surface area contributed by atoms with E-state index in [4.69, 9.17) is 9.47 Å². The van der Waals surface area contributed by atoms with Crippen LogP contribution in [0.4, 0.5) is 0 Å². The van der Waals surface area contributed by atoms with E-state index in [0.29, 0.717) is 33.8 Å². The Morgan fingerprint density at radius 2 is 1.55 bits per heavy atom. The predicted molar refractivity (Wildman–Crippen MR) is 178 cm³/mol. The molecule has 1 aromatic carbocycles. The van der Waals surface area contributed by atoms with Crippen LogP contribution in [0.3, 0.4) is 0 Å². The molecule has 5 aliphatic carbocycles.